The number of esters is 1. The molecule has 1 aliphatic heterocycles. The average Bonchev–Trinajstić information content (AvgIpc) is 3.54. The molecule has 1 aromatic heterocycles. The first kappa shape index (κ1) is 28.5. The van der Waals surface area contributed by atoms with E-state index in [1.807, 2.05) is 30.3 Å². The number of thioether (sulfide) groups is 1. The van der Waals surface area contributed by atoms with E-state index in [0.717, 1.165) is 43.4 Å². The molecule has 1 aromatic carbocycles. The van der Waals surface area contributed by atoms with Crippen LogP contribution in [0.25, 0.3) is 0 Å². The molecule has 3 amide bonds. The zero-order chi connectivity index (χ0) is 28.1. The molecule has 40 heavy (non-hydrogen) atoms. The third-order valence-electron chi connectivity index (χ3n) is 8.37. The van der Waals surface area contributed by atoms with Crippen LogP contribution < -0.4 is 10.6 Å². The van der Waals surface area contributed by atoms with Crippen LogP contribution in [0.15, 0.2) is 35.4 Å². The van der Waals surface area contributed by atoms with E-state index in [2.05, 4.69) is 22.2 Å². The summed E-state index contributed by atoms with van der Waals surface area (Å²) in [6.07, 6.45) is 10.1. The highest BCUT2D eigenvalue weighted by molar-refractivity contribution is 8.00. The summed E-state index contributed by atoms with van der Waals surface area (Å²) in [4.78, 5) is 39.3. The number of rotatable bonds is 8. The minimum absolute atomic E-state index is 0.0256. The molecule has 2 N–H and O–H groups in total. The fourth-order valence-corrected chi connectivity index (χ4v) is 7.38. The van der Waals surface area contributed by atoms with Crippen LogP contribution in [0.2, 0.25) is 0 Å². The molecule has 1 atom stereocenters. The molecule has 2 saturated carbocycles. The quantitative estimate of drug-likeness (QED) is 0.455. The lowest BCUT2D eigenvalue weighted by Crippen LogP contribution is -2.49. The highest BCUT2D eigenvalue weighted by atomic mass is 32.2. The van der Waals surface area contributed by atoms with Gasteiger partial charge in [-0.1, -0.05) is 61.4 Å². The average molecular weight is 568 g/mol. The molecule has 2 fully saturated rings. The van der Waals surface area contributed by atoms with Gasteiger partial charge in [0.1, 0.15) is 13.2 Å². The normalized spacial score (nSPS) is 22.8. The molecule has 2 aromatic rings. The van der Waals surface area contributed by atoms with Crippen molar-refractivity contribution >= 4 is 29.7 Å². The van der Waals surface area contributed by atoms with E-state index in [-0.39, 0.29) is 42.4 Å². The molecule has 0 radical (unpaired) electrons. The maximum Gasteiger partial charge on any atom is 0.326 e. The SMILES string of the molecule is Cc1nn(C2CCCCC2)c2c1CC(C(=O)N[C@H]1CC[C@H](NC(=O)N(C)CC(=O)OCc3ccccc3)CC1)S2. The van der Waals surface area contributed by atoms with Gasteiger partial charge in [-0.2, -0.15) is 5.10 Å². The van der Waals surface area contributed by atoms with Crippen LogP contribution in [0, 0.1) is 6.92 Å². The number of carbonyl (C=O) groups excluding carboxylic acids is 3. The molecule has 2 aliphatic carbocycles. The second kappa shape index (κ2) is 13.1. The Morgan fingerprint density at radius 3 is 2.38 bits per heavy atom. The Kier molecular flexibility index (Phi) is 9.34. The summed E-state index contributed by atoms with van der Waals surface area (Å²) in [5.41, 5.74) is 3.22. The third-order valence-corrected chi connectivity index (χ3v) is 9.70. The number of likely N-dealkylation sites (N-methyl/N-ethyl adjacent to an activating group) is 1. The number of ether oxygens (including phenoxy) is 1. The van der Waals surface area contributed by atoms with Gasteiger partial charge in [-0.25, -0.2) is 4.79 Å². The van der Waals surface area contributed by atoms with Crippen LogP contribution >= 0.6 is 11.8 Å². The number of aryl methyl sites for hydroxylation is 1. The van der Waals surface area contributed by atoms with E-state index >= 15 is 0 Å². The number of fused-ring (bicyclic) bond motifs is 1. The highest BCUT2D eigenvalue weighted by Crippen LogP contribution is 2.42. The number of aromatic nitrogens is 2. The molecule has 9 nitrogen and oxygen atoms in total. The molecule has 0 spiro atoms. The number of nitrogens with zero attached hydrogens (tertiary/aromatic N) is 3. The number of nitrogens with one attached hydrogen (secondary N) is 2. The number of benzene rings is 1. The Bertz CT molecular complexity index is 1190. The van der Waals surface area contributed by atoms with Crippen molar-refractivity contribution in [2.75, 3.05) is 13.6 Å². The topological polar surface area (TPSA) is 106 Å². The van der Waals surface area contributed by atoms with Crippen molar-refractivity contribution in [1.82, 2.24) is 25.3 Å². The van der Waals surface area contributed by atoms with Crippen LogP contribution in [-0.4, -0.2) is 63.5 Å². The van der Waals surface area contributed by atoms with Gasteiger partial charge in [-0.05, 0) is 57.4 Å². The van der Waals surface area contributed by atoms with Crippen LogP contribution in [0.3, 0.4) is 0 Å². The smallest absolute Gasteiger partial charge is 0.326 e. The zero-order valence-corrected chi connectivity index (χ0v) is 24.4. The van der Waals surface area contributed by atoms with Crippen molar-refractivity contribution in [3.05, 3.63) is 47.2 Å². The van der Waals surface area contributed by atoms with Crippen molar-refractivity contribution in [3.8, 4) is 0 Å². The molecular weight excluding hydrogens is 526 g/mol. The summed E-state index contributed by atoms with van der Waals surface area (Å²) in [5, 5.41) is 12.3. The molecule has 0 bridgehead atoms. The van der Waals surface area contributed by atoms with Crippen molar-refractivity contribution in [2.24, 2.45) is 0 Å². The summed E-state index contributed by atoms with van der Waals surface area (Å²) in [5.74, 6) is -0.335. The second-order valence-corrected chi connectivity index (χ2v) is 12.6. The molecule has 3 aliphatic rings. The highest BCUT2D eigenvalue weighted by Gasteiger charge is 2.36. The molecular formula is C30H41N5O4S. The van der Waals surface area contributed by atoms with Gasteiger partial charge in [-0.15, -0.1) is 0 Å². The molecule has 5 rings (SSSR count). The first-order chi connectivity index (χ1) is 19.4. The van der Waals surface area contributed by atoms with Crippen LogP contribution in [-0.2, 0) is 27.4 Å². The summed E-state index contributed by atoms with van der Waals surface area (Å²) in [6.45, 7) is 2.15. The molecule has 216 valence electrons. The molecule has 1 unspecified atom stereocenters. The van der Waals surface area contributed by atoms with E-state index < -0.39 is 5.97 Å². The Labute approximate surface area is 240 Å². The largest absolute Gasteiger partial charge is 0.459 e. The van der Waals surface area contributed by atoms with Gasteiger partial charge in [0, 0.05) is 24.7 Å². The van der Waals surface area contributed by atoms with E-state index in [1.165, 1.54) is 47.6 Å². The monoisotopic (exact) mass is 567 g/mol. The summed E-state index contributed by atoms with van der Waals surface area (Å²) >= 11 is 1.68. The minimum atomic E-state index is -0.443. The maximum absolute atomic E-state index is 13.2. The van der Waals surface area contributed by atoms with E-state index in [1.54, 1.807) is 18.8 Å². The lowest BCUT2D eigenvalue weighted by atomic mass is 9.91. The number of hydrogen-bond donors (Lipinski definition) is 2. The summed E-state index contributed by atoms with van der Waals surface area (Å²) < 4.78 is 7.50. The first-order valence-corrected chi connectivity index (χ1v) is 15.5. The van der Waals surface area contributed by atoms with Crippen molar-refractivity contribution < 1.29 is 19.1 Å². The van der Waals surface area contributed by atoms with Crippen molar-refractivity contribution in [1.29, 1.82) is 0 Å². The molecule has 10 heteroatoms. The van der Waals surface area contributed by atoms with Gasteiger partial charge < -0.3 is 20.3 Å². The fraction of sp³-hybridized carbons (Fsp3) is 0.600. The van der Waals surface area contributed by atoms with Gasteiger partial charge in [-0.3, -0.25) is 14.3 Å². The maximum atomic E-state index is 13.2. The molecule has 2 heterocycles. The third kappa shape index (κ3) is 7.00. The Morgan fingerprint density at radius 1 is 1.00 bits per heavy atom. The van der Waals surface area contributed by atoms with Crippen LogP contribution in [0.1, 0.15) is 80.7 Å². The lowest BCUT2D eigenvalue weighted by Gasteiger charge is -2.31. The lowest BCUT2D eigenvalue weighted by molar-refractivity contribution is -0.145. The summed E-state index contributed by atoms with van der Waals surface area (Å²) in [6, 6.07) is 9.79. The Morgan fingerprint density at radius 2 is 1.68 bits per heavy atom. The minimum Gasteiger partial charge on any atom is -0.459 e. The van der Waals surface area contributed by atoms with Gasteiger partial charge in [0.25, 0.3) is 0 Å². The van der Waals surface area contributed by atoms with Gasteiger partial charge in [0.05, 0.1) is 22.0 Å². The van der Waals surface area contributed by atoms with Crippen LogP contribution in [0.4, 0.5) is 4.79 Å². The van der Waals surface area contributed by atoms with E-state index in [9.17, 15) is 14.4 Å². The summed E-state index contributed by atoms with van der Waals surface area (Å²) in [7, 11) is 1.59. The number of hydrogen-bond acceptors (Lipinski definition) is 6. The van der Waals surface area contributed by atoms with E-state index in [0.29, 0.717) is 6.04 Å². The van der Waals surface area contributed by atoms with Gasteiger partial charge in [0.15, 0.2) is 0 Å². The standard InChI is InChI=1S/C30H41N5O4S/c1-20-25-17-26(40-29(25)35(33-20)24-11-7-4-8-12-24)28(37)31-22-13-15-23(16-14-22)32-30(38)34(2)18-27(36)39-19-21-9-5-3-6-10-21/h3,5-6,9-10,22-24,26H,4,7-8,11-19H2,1-2H3,(H,31,37)(H,32,38)/t22-,23-,26?. The predicted molar refractivity (Wildman–Crippen MR) is 154 cm³/mol. The Hall–Kier alpha value is -3.01. The Balaban J connectivity index is 1.02. The first-order valence-electron chi connectivity index (χ1n) is 14.6. The van der Waals surface area contributed by atoms with Gasteiger partial charge >= 0.3 is 12.0 Å². The fourth-order valence-electron chi connectivity index (χ4n) is 6.01. The number of carbonyl (C=O) groups is 3. The van der Waals surface area contributed by atoms with E-state index in [4.69, 9.17) is 9.84 Å². The van der Waals surface area contributed by atoms with Crippen LogP contribution in [0.5, 0.6) is 0 Å². The zero-order valence-electron chi connectivity index (χ0n) is 23.6. The number of amides is 3. The predicted octanol–water partition coefficient (Wildman–Crippen LogP) is 4.53. The van der Waals surface area contributed by atoms with Crippen molar-refractivity contribution in [2.45, 2.75) is 106 Å². The van der Waals surface area contributed by atoms with Crippen molar-refractivity contribution in [3.63, 3.8) is 0 Å². The van der Waals surface area contributed by atoms with Gasteiger partial charge in [0.2, 0.25) is 5.91 Å². The molecule has 0 saturated heterocycles. The second-order valence-electron chi connectivity index (χ2n) is 11.4. The number of urea groups is 1.